The van der Waals surface area contributed by atoms with Crippen molar-refractivity contribution in [2.45, 2.75) is 19.3 Å². The van der Waals surface area contributed by atoms with E-state index in [1.807, 2.05) is 0 Å². The summed E-state index contributed by atoms with van der Waals surface area (Å²) in [6.07, 6.45) is 2.08. The van der Waals surface area contributed by atoms with Gasteiger partial charge in [0, 0.05) is 5.75 Å². The second-order valence-electron chi connectivity index (χ2n) is 1.79. The van der Waals surface area contributed by atoms with E-state index in [4.69, 9.17) is 4.55 Å². The molecule has 0 fully saturated rings. The molecule has 0 aromatic rings. The van der Waals surface area contributed by atoms with Crippen molar-refractivity contribution in [3.63, 3.8) is 0 Å². The average molecular weight is 151 g/mol. The fourth-order valence-corrected chi connectivity index (χ4v) is 0.955. The first-order chi connectivity index (χ1) is 4.27. The minimum Gasteiger partial charge on any atom is -0.306 e. The molecular weight excluding hydrogens is 140 g/mol. The lowest BCUT2D eigenvalue weighted by molar-refractivity contribution is 0.186. The summed E-state index contributed by atoms with van der Waals surface area (Å²) in [5.74, 6) is 0.306. The summed E-state index contributed by atoms with van der Waals surface area (Å²) >= 11 is -1.67. The molecule has 1 radical (unpaired) electrons. The first kappa shape index (κ1) is 9.07. The topological polar surface area (TPSA) is 57.2 Å². The highest BCUT2D eigenvalue weighted by molar-refractivity contribution is 7.79. The van der Waals surface area contributed by atoms with Gasteiger partial charge in [0.15, 0.2) is 11.1 Å². The maximum atomic E-state index is 10.00. The molecule has 0 aliphatic rings. The van der Waals surface area contributed by atoms with Crippen LogP contribution in [0, 0.1) is 0 Å². The fourth-order valence-electron chi connectivity index (χ4n) is 0.504. The first-order valence-electron chi connectivity index (χ1n) is 2.93. The van der Waals surface area contributed by atoms with Crippen molar-refractivity contribution in [3.8, 4) is 0 Å². The minimum atomic E-state index is -1.67. The standard InChI is InChI=1S/C5H11O3S/c6-4-2-1-3-5-9(7)8/h1-5H2,(H,7,8). The second kappa shape index (κ2) is 6.19. The summed E-state index contributed by atoms with van der Waals surface area (Å²) < 4.78 is 18.2. The average Bonchev–Trinajstić information content (AvgIpc) is 1.80. The Kier molecular flexibility index (Phi) is 6.24. The first-order valence-corrected chi connectivity index (χ1v) is 4.20. The van der Waals surface area contributed by atoms with Crippen molar-refractivity contribution in [1.29, 1.82) is 0 Å². The molecule has 0 amide bonds. The van der Waals surface area contributed by atoms with Crippen LogP contribution in [0.2, 0.25) is 0 Å². The molecule has 0 rings (SSSR count). The Hall–Kier alpha value is 0.0700. The Morgan fingerprint density at radius 2 is 1.89 bits per heavy atom. The van der Waals surface area contributed by atoms with Gasteiger partial charge in [-0.15, -0.1) is 0 Å². The van der Waals surface area contributed by atoms with Crippen LogP contribution >= 0.6 is 0 Å². The van der Waals surface area contributed by atoms with E-state index in [9.17, 15) is 9.32 Å². The van der Waals surface area contributed by atoms with Crippen molar-refractivity contribution in [2.75, 3.05) is 12.4 Å². The zero-order valence-corrected chi connectivity index (χ0v) is 6.02. The van der Waals surface area contributed by atoms with Crippen LogP contribution in [-0.2, 0) is 16.2 Å². The quantitative estimate of drug-likeness (QED) is 0.467. The molecule has 0 heterocycles. The molecule has 0 spiro atoms. The molecule has 0 bridgehead atoms. The third kappa shape index (κ3) is 8.07. The van der Waals surface area contributed by atoms with Crippen LogP contribution in [0.1, 0.15) is 19.3 Å². The van der Waals surface area contributed by atoms with Crippen molar-refractivity contribution >= 4 is 11.1 Å². The molecule has 1 atom stereocenters. The molecule has 3 nitrogen and oxygen atoms in total. The highest BCUT2D eigenvalue weighted by Gasteiger charge is 1.92. The van der Waals surface area contributed by atoms with Gasteiger partial charge in [-0.1, -0.05) is 6.42 Å². The monoisotopic (exact) mass is 151 g/mol. The van der Waals surface area contributed by atoms with Crippen molar-refractivity contribution in [3.05, 3.63) is 0 Å². The summed E-state index contributed by atoms with van der Waals surface area (Å²) in [6.45, 7) is -0.0714. The van der Waals surface area contributed by atoms with Crippen LogP contribution < -0.4 is 0 Å². The number of hydrogen-bond donors (Lipinski definition) is 1. The molecule has 0 aliphatic heterocycles. The van der Waals surface area contributed by atoms with Crippen molar-refractivity contribution < 1.29 is 13.9 Å². The van der Waals surface area contributed by atoms with Gasteiger partial charge >= 0.3 is 0 Å². The summed E-state index contributed by atoms with van der Waals surface area (Å²) in [5.41, 5.74) is 0. The van der Waals surface area contributed by atoms with E-state index >= 15 is 0 Å². The summed E-state index contributed by atoms with van der Waals surface area (Å²) in [4.78, 5) is 0. The van der Waals surface area contributed by atoms with Gasteiger partial charge in [0.05, 0.1) is 6.61 Å². The number of rotatable bonds is 5. The van der Waals surface area contributed by atoms with E-state index in [2.05, 4.69) is 0 Å². The molecule has 1 unspecified atom stereocenters. The Bertz CT molecular complexity index is 84.3. The SMILES string of the molecule is [O]CCCCCS(=O)O. The molecule has 0 aromatic carbocycles. The summed E-state index contributed by atoms with van der Waals surface area (Å²) in [6, 6.07) is 0. The van der Waals surface area contributed by atoms with Gasteiger partial charge in [-0.05, 0) is 12.8 Å². The van der Waals surface area contributed by atoms with Crippen LogP contribution in [-0.4, -0.2) is 21.1 Å². The zero-order chi connectivity index (χ0) is 7.11. The molecule has 1 N–H and O–H groups in total. The van der Waals surface area contributed by atoms with E-state index in [-0.39, 0.29) is 6.61 Å². The van der Waals surface area contributed by atoms with E-state index in [1.165, 1.54) is 0 Å². The van der Waals surface area contributed by atoms with Crippen LogP contribution in [0.4, 0.5) is 0 Å². The lowest BCUT2D eigenvalue weighted by Crippen LogP contribution is -1.94. The number of hydrogen-bond acceptors (Lipinski definition) is 1. The predicted molar refractivity (Wildman–Crippen MR) is 35.0 cm³/mol. The molecule has 55 valence electrons. The highest BCUT2D eigenvalue weighted by atomic mass is 32.2. The third-order valence-corrected chi connectivity index (χ3v) is 1.60. The maximum Gasteiger partial charge on any atom is 0.152 e. The smallest absolute Gasteiger partial charge is 0.152 e. The Morgan fingerprint density at radius 3 is 2.33 bits per heavy atom. The van der Waals surface area contributed by atoms with Crippen LogP contribution in [0.3, 0.4) is 0 Å². The van der Waals surface area contributed by atoms with Gasteiger partial charge in [0.25, 0.3) is 0 Å². The van der Waals surface area contributed by atoms with Gasteiger partial charge in [-0.2, -0.15) is 0 Å². The molecule has 0 saturated carbocycles. The number of unbranched alkanes of at least 4 members (excludes halogenated alkanes) is 2. The van der Waals surface area contributed by atoms with Crippen LogP contribution in [0.5, 0.6) is 0 Å². The maximum absolute atomic E-state index is 10.00. The summed E-state index contributed by atoms with van der Waals surface area (Å²) in [7, 11) is 0. The summed E-state index contributed by atoms with van der Waals surface area (Å²) in [5, 5.41) is 9.84. The van der Waals surface area contributed by atoms with Gasteiger partial charge < -0.3 is 4.55 Å². The Balaban J connectivity index is 2.83. The van der Waals surface area contributed by atoms with Gasteiger partial charge in [0.2, 0.25) is 0 Å². The van der Waals surface area contributed by atoms with Crippen LogP contribution in [0.15, 0.2) is 0 Å². The van der Waals surface area contributed by atoms with E-state index < -0.39 is 11.1 Å². The molecule has 0 aromatic heterocycles. The molecule has 0 aliphatic carbocycles. The molecule has 0 saturated heterocycles. The lowest BCUT2D eigenvalue weighted by Gasteiger charge is -1.92. The lowest BCUT2D eigenvalue weighted by atomic mass is 10.3. The largest absolute Gasteiger partial charge is 0.306 e. The normalized spacial score (nSPS) is 13.6. The van der Waals surface area contributed by atoms with E-state index in [1.54, 1.807) is 0 Å². The van der Waals surface area contributed by atoms with E-state index in [0.717, 1.165) is 6.42 Å². The second-order valence-corrected chi connectivity index (χ2v) is 2.84. The minimum absolute atomic E-state index is 0.0714. The van der Waals surface area contributed by atoms with Gasteiger partial charge in [-0.25, -0.2) is 9.32 Å². The van der Waals surface area contributed by atoms with Crippen molar-refractivity contribution in [1.82, 2.24) is 0 Å². The molecule has 9 heavy (non-hydrogen) atoms. The predicted octanol–water partition coefficient (Wildman–Crippen LogP) is 0.809. The van der Waals surface area contributed by atoms with Gasteiger partial charge in [-0.3, -0.25) is 0 Å². The highest BCUT2D eigenvalue weighted by Crippen LogP contribution is 1.94. The molecular formula is C5H11O3S. The Morgan fingerprint density at radius 1 is 1.22 bits per heavy atom. The fraction of sp³-hybridized carbons (Fsp3) is 1.00. The van der Waals surface area contributed by atoms with Crippen molar-refractivity contribution in [2.24, 2.45) is 0 Å². The van der Waals surface area contributed by atoms with Crippen LogP contribution in [0.25, 0.3) is 0 Å². The third-order valence-electron chi connectivity index (χ3n) is 0.963. The molecule has 4 heteroatoms. The van der Waals surface area contributed by atoms with Gasteiger partial charge in [0.1, 0.15) is 0 Å². The van der Waals surface area contributed by atoms with E-state index in [0.29, 0.717) is 18.6 Å². The Labute approximate surface area is 57.4 Å². The zero-order valence-electron chi connectivity index (χ0n) is 5.21.